The first kappa shape index (κ1) is 31.2. The second-order valence-electron chi connectivity index (χ2n) is 9.22. The maximum absolute atomic E-state index is 13.1. The quantitative estimate of drug-likeness (QED) is 0.0736. The molecule has 0 bridgehead atoms. The van der Waals surface area contributed by atoms with Crippen LogP contribution in [-0.4, -0.2) is 72.9 Å². The van der Waals surface area contributed by atoms with Gasteiger partial charge in [-0.3, -0.25) is 19.8 Å². The first-order valence-corrected chi connectivity index (χ1v) is 13.5. The predicted molar refractivity (Wildman–Crippen MR) is 156 cm³/mol. The average molecular weight is 607 g/mol. The highest BCUT2D eigenvalue weighted by Crippen LogP contribution is 2.29. The highest BCUT2D eigenvalue weighted by atomic mass is 16.6. The lowest BCUT2D eigenvalue weighted by atomic mass is 10.1. The first-order chi connectivity index (χ1) is 21.2. The van der Waals surface area contributed by atoms with E-state index < -0.39 is 16.8 Å². The van der Waals surface area contributed by atoms with Gasteiger partial charge in [-0.2, -0.15) is 9.78 Å². The van der Waals surface area contributed by atoms with Crippen LogP contribution in [0.4, 0.5) is 11.5 Å². The van der Waals surface area contributed by atoms with Gasteiger partial charge in [-0.1, -0.05) is 19.1 Å². The molecule has 0 saturated heterocycles. The summed E-state index contributed by atoms with van der Waals surface area (Å²) in [5, 5.41) is 30.5. The lowest BCUT2D eigenvalue weighted by molar-refractivity contribution is -0.385. The Bertz CT molecular complexity index is 1690. The van der Waals surface area contributed by atoms with Crippen LogP contribution in [0.2, 0.25) is 0 Å². The maximum atomic E-state index is 13.1. The average Bonchev–Trinajstić information content (AvgIpc) is 3.62. The van der Waals surface area contributed by atoms with Crippen LogP contribution in [0.15, 0.2) is 46.1 Å². The summed E-state index contributed by atoms with van der Waals surface area (Å²) in [6.07, 6.45) is 1.37. The zero-order valence-corrected chi connectivity index (χ0v) is 24.4. The molecule has 1 amide bonds. The van der Waals surface area contributed by atoms with E-state index in [2.05, 4.69) is 35.8 Å². The number of carbonyl (C=O) groups is 2. The molecule has 0 saturated carbocycles. The van der Waals surface area contributed by atoms with E-state index in [0.717, 1.165) is 0 Å². The van der Waals surface area contributed by atoms with Crippen molar-refractivity contribution in [1.29, 1.82) is 0 Å². The number of aryl methyl sites for hydroxylation is 1. The predicted octanol–water partition coefficient (Wildman–Crippen LogP) is 2.67. The van der Waals surface area contributed by atoms with Gasteiger partial charge in [-0.05, 0) is 73.1 Å². The van der Waals surface area contributed by atoms with E-state index in [1.54, 1.807) is 19.1 Å². The van der Waals surface area contributed by atoms with E-state index in [9.17, 15) is 19.7 Å². The van der Waals surface area contributed by atoms with Gasteiger partial charge in [0, 0.05) is 18.2 Å². The van der Waals surface area contributed by atoms with Gasteiger partial charge in [-0.15, -0.1) is 5.10 Å². The molecule has 44 heavy (non-hydrogen) atoms. The van der Waals surface area contributed by atoms with Crippen LogP contribution < -0.4 is 20.6 Å². The van der Waals surface area contributed by atoms with Crippen molar-refractivity contribution in [2.75, 3.05) is 25.4 Å². The molecule has 4 rings (SSSR count). The lowest BCUT2D eigenvalue weighted by Crippen LogP contribution is -2.27. The summed E-state index contributed by atoms with van der Waals surface area (Å²) in [6.45, 7) is 9.25. The molecule has 2 heterocycles. The Morgan fingerprint density at radius 3 is 2.57 bits per heavy atom. The number of amides is 1. The minimum atomic E-state index is -0.714. The van der Waals surface area contributed by atoms with Gasteiger partial charge < -0.3 is 15.2 Å². The van der Waals surface area contributed by atoms with E-state index in [4.69, 9.17) is 15.2 Å². The molecule has 2 aromatic heterocycles. The van der Waals surface area contributed by atoms with Crippen LogP contribution in [0.5, 0.6) is 11.5 Å². The molecule has 0 atom stereocenters. The fourth-order valence-electron chi connectivity index (χ4n) is 4.11. The third-order valence-corrected chi connectivity index (χ3v) is 6.42. The van der Waals surface area contributed by atoms with Gasteiger partial charge in [0.05, 0.1) is 29.0 Å². The number of nitrogens with zero attached hydrogens (tertiary/aromatic N) is 8. The smallest absolute Gasteiger partial charge is 0.343 e. The zero-order valence-electron chi connectivity index (χ0n) is 24.4. The monoisotopic (exact) mass is 606 g/mol. The van der Waals surface area contributed by atoms with Crippen molar-refractivity contribution in [2.45, 2.75) is 34.2 Å². The molecule has 0 fully saturated rings. The van der Waals surface area contributed by atoms with Gasteiger partial charge >= 0.3 is 5.97 Å². The second kappa shape index (κ2) is 14.0. The molecule has 17 nitrogen and oxygen atoms in total. The Labute approximate surface area is 250 Å². The van der Waals surface area contributed by atoms with E-state index in [1.807, 2.05) is 18.7 Å². The molecule has 0 spiro atoms. The Balaban J connectivity index is 1.50. The number of carbonyl (C=O) groups excluding carboxylic acids is 2. The third-order valence-electron chi connectivity index (χ3n) is 6.42. The maximum Gasteiger partial charge on any atom is 0.343 e. The van der Waals surface area contributed by atoms with Crippen molar-refractivity contribution in [2.24, 2.45) is 5.10 Å². The number of esters is 1. The van der Waals surface area contributed by atoms with Gasteiger partial charge in [0.2, 0.25) is 11.6 Å². The largest absolute Gasteiger partial charge is 0.490 e. The van der Waals surface area contributed by atoms with Crippen LogP contribution in [0, 0.1) is 17.0 Å². The summed E-state index contributed by atoms with van der Waals surface area (Å²) in [4.78, 5) is 38.4. The summed E-state index contributed by atoms with van der Waals surface area (Å²) in [5.74, 6) is -0.864. The number of hydrogen-bond donors (Lipinski definition) is 2. The molecular weight excluding hydrogens is 576 g/mol. The van der Waals surface area contributed by atoms with Crippen LogP contribution in [0.25, 0.3) is 5.82 Å². The van der Waals surface area contributed by atoms with Crippen LogP contribution >= 0.6 is 0 Å². The summed E-state index contributed by atoms with van der Waals surface area (Å²) < 4.78 is 17.1. The summed E-state index contributed by atoms with van der Waals surface area (Å²) in [5.41, 5.74) is 9.58. The van der Waals surface area contributed by atoms with Crippen LogP contribution in [-0.2, 0) is 6.54 Å². The number of benzene rings is 2. The SMILES string of the molecule is CCOc1cc(C=NNC(=O)c2nnn(-c3nonc3N)c2CN(CC)CC)ccc1OC(=O)c1ccc([N+](=O)[O-])c(C)c1. The summed E-state index contributed by atoms with van der Waals surface area (Å²) >= 11 is 0. The molecular formula is C27H30N10O7. The minimum absolute atomic E-state index is 0.00944. The third kappa shape index (κ3) is 7.01. The molecule has 0 aliphatic rings. The zero-order chi connectivity index (χ0) is 31.8. The molecule has 230 valence electrons. The fraction of sp³-hybridized carbons (Fsp3) is 0.296. The Morgan fingerprint density at radius 1 is 1.16 bits per heavy atom. The molecule has 0 radical (unpaired) electrons. The van der Waals surface area contributed by atoms with E-state index >= 15 is 0 Å². The van der Waals surface area contributed by atoms with Crippen LogP contribution in [0.3, 0.4) is 0 Å². The fourth-order valence-corrected chi connectivity index (χ4v) is 4.11. The van der Waals surface area contributed by atoms with Crippen molar-refractivity contribution >= 4 is 29.6 Å². The second-order valence-corrected chi connectivity index (χ2v) is 9.22. The normalized spacial score (nSPS) is 11.2. The van der Waals surface area contributed by atoms with E-state index in [-0.39, 0.29) is 46.7 Å². The number of ether oxygens (including phenoxy) is 2. The first-order valence-electron chi connectivity index (χ1n) is 13.5. The number of aromatic nitrogens is 5. The van der Waals surface area contributed by atoms with Crippen molar-refractivity contribution < 1.29 is 28.6 Å². The Kier molecular flexibility index (Phi) is 9.92. The Hall–Kier alpha value is -5.71. The lowest BCUT2D eigenvalue weighted by Gasteiger charge is -2.18. The number of hydrogen-bond acceptors (Lipinski definition) is 14. The number of nitrogens with one attached hydrogen (secondary N) is 1. The number of nitro groups is 1. The number of anilines is 1. The van der Waals surface area contributed by atoms with Gasteiger partial charge in [-0.25, -0.2) is 14.8 Å². The Morgan fingerprint density at radius 2 is 1.93 bits per heavy atom. The molecule has 3 N–H and O–H groups in total. The van der Waals surface area contributed by atoms with Gasteiger partial charge in [0.1, 0.15) is 0 Å². The topological polar surface area (TPSA) is 219 Å². The van der Waals surface area contributed by atoms with Crippen LogP contribution in [0.1, 0.15) is 58.4 Å². The number of rotatable bonds is 13. The number of hydrazone groups is 1. The number of nitro benzene ring substituents is 1. The summed E-state index contributed by atoms with van der Waals surface area (Å²) in [7, 11) is 0. The molecule has 0 aliphatic heterocycles. The number of nitrogens with two attached hydrogens (primary N) is 1. The molecule has 17 heteroatoms. The van der Waals surface area contributed by atoms with Crippen molar-refractivity contribution in [3.05, 3.63) is 74.6 Å². The standard InChI is InChI=1S/C27H30N10O7/c1-5-35(6-2)15-20-23(30-34-36(20)25-24(28)32-44-33-25)26(38)31-29-14-17-8-11-21(22(13-17)42-7-3)43-27(39)18-9-10-19(37(40)41)16(4)12-18/h8-14H,5-7,15H2,1-4H3,(H2,28,32)(H,31,38). The molecule has 0 unspecified atom stereocenters. The molecule has 2 aromatic carbocycles. The summed E-state index contributed by atoms with van der Waals surface area (Å²) in [6, 6.07) is 8.64. The minimum Gasteiger partial charge on any atom is -0.490 e. The van der Waals surface area contributed by atoms with Gasteiger partial charge in [0.15, 0.2) is 17.2 Å². The van der Waals surface area contributed by atoms with Crippen molar-refractivity contribution in [3.8, 4) is 17.3 Å². The van der Waals surface area contributed by atoms with E-state index in [0.29, 0.717) is 36.5 Å². The molecule has 4 aromatic rings. The van der Waals surface area contributed by atoms with E-state index in [1.165, 1.54) is 42.1 Å². The number of nitrogen functional groups attached to an aromatic ring is 1. The highest BCUT2D eigenvalue weighted by molar-refractivity contribution is 5.94. The van der Waals surface area contributed by atoms with Crippen molar-refractivity contribution in [3.63, 3.8) is 0 Å². The molecule has 0 aliphatic carbocycles. The van der Waals surface area contributed by atoms with Crippen molar-refractivity contribution in [1.82, 2.24) is 35.6 Å². The highest BCUT2D eigenvalue weighted by Gasteiger charge is 2.25. The van der Waals surface area contributed by atoms with Gasteiger partial charge in [0.25, 0.3) is 11.6 Å².